The maximum absolute atomic E-state index is 15.0. The van der Waals surface area contributed by atoms with Crippen LogP contribution in [-0.4, -0.2) is 34.1 Å². The zero-order chi connectivity index (χ0) is 22.2. The van der Waals surface area contributed by atoms with E-state index in [2.05, 4.69) is 15.3 Å². The van der Waals surface area contributed by atoms with E-state index in [9.17, 15) is 8.78 Å². The normalized spacial score (nSPS) is 17.9. The zero-order valence-electron chi connectivity index (χ0n) is 17.2. The molecule has 164 valence electrons. The number of fused-ring (bicyclic) bond motifs is 1. The van der Waals surface area contributed by atoms with Crippen LogP contribution in [0.1, 0.15) is 43.1 Å². The highest BCUT2D eigenvalue weighted by molar-refractivity contribution is 5.80. The summed E-state index contributed by atoms with van der Waals surface area (Å²) in [5.41, 5.74) is 1.34. The second-order valence-corrected chi connectivity index (χ2v) is 8.38. The number of alkyl halides is 1. The lowest BCUT2D eigenvalue weighted by atomic mass is 9.88. The number of pyridine rings is 1. The van der Waals surface area contributed by atoms with E-state index in [1.54, 1.807) is 12.3 Å². The van der Waals surface area contributed by atoms with E-state index >= 15 is 4.39 Å². The predicted molar refractivity (Wildman–Crippen MR) is 114 cm³/mol. The molecule has 5 rings (SSSR count). The molecule has 32 heavy (non-hydrogen) atoms. The molecule has 1 aliphatic heterocycles. The highest BCUT2D eigenvalue weighted by Gasteiger charge is 2.32. The van der Waals surface area contributed by atoms with Gasteiger partial charge >= 0.3 is 0 Å². The number of halogens is 3. The molecular formula is C23H21F3N6. The molecule has 1 saturated carbocycles. The Balaban J connectivity index is 1.38. The van der Waals surface area contributed by atoms with E-state index in [0.717, 1.165) is 25.0 Å². The lowest BCUT2D eigenvalue weighted by molar-refractivity contribution is 0.193. The summed E-state index contributed by atoms with van der Waals surface area (Å²) in [4.78, 5) is 15.6. The summed E-state index contributed by atoms with van der Waals surface area (Å²) in [6.07, 6.45) is 3.19. The average molecular weight is 438 g/mol. The summed E-state index contributed by atoms with van der Waals surface area (Å²) in [6, 6.07) is 6.98. The Morgan fingerprint density at radius 2 is 1.84 bits per heavy atom. The third kappa shape index (κ3) is 4.05. The van der Waals surface area contributed by atoms with Gasteiger partial charge in [0.05, 0.1) is 11.7 Å². The van der Waals surface area contributed by atoms with Gasteiger partial charge in [0, 0.05) is 36.8 Å². The number of aromatic nitrogens is 3. The fraction of sp³-hybridized carbons (Fsp3) is 0.391. The molecule has 1 aromatic carbocycles. The maximum Gasteiger partial charge on any atom is 0.172 e. The Bertz CT molecular complexity index is 1200. The smallest absolute Gasteiger partial charge is 0.172 e. The van der Waals surface area contributed by atoms with Gasteiger partial charge in [-0.1, -0.05) is 6.07 Å². The standard InChI is InChI=1S/C23H21F3N6/c24-14-1-4-17(18(25)9-14)21(26)13-5-7-32(8-6-13)23-22(29-15-2-3-15)30-20-12-28-16(11-27)10-19(20)31-23/h1,4,9-10,12-13,15,21H,2-3,5-8H2,(H,29,30)/t21-/m0/s1. The average Bonchev–Trinajstić information content (AvgIpc) is 3.62. The van der Waals surface area contributed by atoms with E-state index in [0.29, 0.717) is 54.6 Å². The Labute approximate surface area is 183 Å². The third-order valence-corrected chi connectivity index (χ3v) is 6.08. The van der Waals surface area contributed by atoms with Crippen LogP contribution in [0.25, 0.3) is 11.0 Å². The number of piperidine rings is 1. The quantitative estimate of drug-likeness (QED) is 0.624. The topological polar surface area (TPSA) is 77.7 Å². The van der Waals surface area contributed by atoms with E-state index in [4.69, 9.17) is 10.2 Å². The van der Waals surface area contributed by atoms with Crippen molar-refractivity contribution in [3.05, 3.63) is 53.4 Å². The zero-order valence-corrected chi connectivity index (χ0v) is 17.2. The van der Waals surface area contributed by atoms with Crippen LogP contribution < -0.4 is 10.2 Å². The van der Waals surface area contributed by atoms with E-state index in [1.807, 2.05) is 11.0 Å². The van der Waals surface area contributed by atoms with Crippen molar-refractivity contribution < 1.29 is 13.2 Å². The molecular weight excluding hydrogens is 417 g/mol. The molecule has 3 heterocycles. The Kier molecular flexibility index (Phi) is 5.29. The Morgan fingerprint density at radius 1 is 1.06 bits per heavy atom. The number of hydrogen-bond acceptors (Lipinski definition) is 6. The number of nitrogens with one attached hydrogen (secondary N) is 1. The molecule has 0 bridgehead atoms. The summed E-state index contributed by atoms with van der Waals surface area (Å²) in [5, 5.41) is 12.5. The van der Waals surface area contributed by atoms with Gasteiger partial charge in [0.2, 0.25) is 0 Å². The van der Waals surface area contributed by atoms with Crippen LogP contribution in [0.15, 0.2) is 30.5 Å². The van der Waals surface area contributed by atoms with Crippen molar-refractivity contribution in [3.63, 3.8) is 0 Å². The minimum Gasteiger partial charge on any atom is -0.364 e. The third-order valence-electron chi connectivity index (χ3n) is 6.08. The van der Waals surface area contributed by atoms with Gasteiger partial charge in [0.1, 0.15) is 35.1 Å². The van der Waals surface area contributed by atoms with Gasteiger partial charge < -0.3 is 10.2 Å². The van der Waals surface area contributed by atoms with Gasteiger partial charge in [-0.05, 0) is 37.7 Å². The van der Waals surface area contributed by atoms with Crippen LogP contribution in [-0.2, 0) is 0 Å². The van der Waals surface area contributed by atoms with Gasteiger partial charge in [-0.2, -0.15) is 5.26 Å². The molecule has 0 amide bonds. The van der Waals surface area contributed by atoms with E-state index in [1.165, 1.54) is 6.07 Å². The van der Waals surface area contributed by atoms with Crippen molar-refractivity contribution in [2.24, 2.45) is 5.92 Å². The molecule has 9 heteroatoms. The first-order valence-corrected chi connectivity index (χ1v) is 10.7. The summed E-state index contributed by atoms with van der Waals surface area (Å²) in [5.74, 6) is -0.603. The summed E-state index contributed by atoms with van der Waals surface area (Å²) < 4.78 is 42.3. The number of hydrogen-bond donors (Lipinski definition) is 1. The number of nitrogens with zero attached hydrogens (tertiary/aromatic N) is 5. The second kappa shape index (κ2) is 8.26. The first-order valence-electron chi connectivity index (χ1n) is 10.7. The monoisotopic (exact) mass is 438 g/mol. The van der Waals surface area contributed by atoms with Gasteiger partial charge in [-0.25, -0.2) is 28.1 Å². The van der Waals surface area contributed by atoms with E-state index < -0.39 is 17.8 Å². The molecule has 0 spiro atoms. The van der Waals surface area contributed by atoms with Crippen LogP contribution in [0.4, 0.5) is 24.8 Å². The maximum atomic E-state index is 15.0. The first kappa shape index (κ1) is 20.5. The van der Waals surface area contributed by atoms with Crippen molar-refractivity contribution in [2.75, 3.05) is 23.3 Å². The molecule has 2 aromatic heterocycles. The number of nitriles is 1. The highest BCUT2D eigenvalue weighted by Crippen LogP contribution is 2.38. The number of benzene rings is 1. The molecule has 0 radical (unpaired) electrons. The molecule has 0 unspecified atom stereocenters. The van der Waals surface area contributed by atoms with Gasteiger partial charge in [-0.3, -0.25) is 0 Å². The first-order chi connectivity index (χ1) is 15.5. The molecule has 1 saturated heterocycles. The van der Waals surface area contributed by atoms with Crippen LogP contribution >= 0.6 is 0 Å². The molecule has 2 fully saturated rings. The van der Waals surface area contributed by atoms with E-state index in [-0.39, 0.29) is 17.2 Å². The SMILES string of the molecule is N#Cc1cc2nc(N3CCC([C@H](F)c4ccc(F)cc4F)CC3)c(NC3CC3)nc2cn1. The predicted octanol–water partition coefficient (Wildman–Crippen LogP) is 4.68. The van der Waals surface area contributed by atoms with Crippen molar-refractivity contribution in [2.45, 2.75) is 37.9 Å². The Hall–Kier alpha value is -3.41. The van der Waals surface area contributed by atoms with Crippen molar-refractivity contribution in [1.82, 2.24) is 15.0 Å². The van der Waals surface area contributed by atoms with Crippen molar-refractivity contribution in [1.29, 1.82) is 5.26 Å². The van der Waals surface area contributed by atoms with Crippen LogP contribution in [0, 0.1) is 28.9 Å². The molecule has 3 aromatic rings. The molecule has 2 aliphatic rings. The molecule has 6 nitrogen and oxygen atoms in total. The molecule has 1 aliphatic carbocycles. The highest BCUT2D eigenvalue weighted by atomic mass is 19.1. The van der Waals surface area contributed by atoms with Gasteiger partial charge in [-0.15, -0.1) is 0 Å². The van der Waals surface area contributed by atoms with Crippen LogP contribution in [0.3, 0.4) is 0 Å². The minimum absolute atomic E-state index is 0.0945. The lowest BCUT2D eigenvalue weighted by Crippen LogP contribution is -2.36. The minimum atomic E-state index is -1.49. The van der Waals surface area contributed by atoms with Crippen molar-refractivity contribution in [3.8, 4) is 6.07 Å². The number of anilines is 2. The lowest BCUT2D eigenvalue weighted by Gasteiger charge is -2.35. The summed E-state index contributed by atoms with van der Waals surface area (Å²) >= 11 is 0. The Morgan fingerprint density at radius 3 is 2.53 bits per heavy atom. The van der Waals surface area contributed by atoms with Gasteiger partial charge in [0.15, 0.2) is 11.6 Å². The summed E-state index contributed by atoms with van der Waals surface area (Å²) in [6.45, 7) is 1.06. The largest absolute Gasteiger partial charge is 0.364 e. The van der Waals surface area contributed by atoms with Crippen LogP contribution in [0.5, 0.6) is 0 Å². The molecule has 1 N–H and O–H groups in total. The van der Waals surface area contributed by atoms with Crippen molar-refractivity contribution >= 4 is 22.7 Å². The fourth-order valence-electron chi connectivity index (χ4n) is 4.13. The fourth-order valence-corrected chi connectivity index (χ4v) is 4.13. The van der Waals surface area contributed by atoms with Gasteiger partial charge in [0.25, 0.3) is 0 Å². The number of rotatable bonds is 5. The second-order valence-electron chi connectivity index (χ2n) is 8.38. The molecule has 1 atom stereocenters. The van der Waals surface area contributed by atoms with Crippen LogP contribution in [0.2, 0.25) is 0 Å². The summed E-state index contributed by atoms with van der Waals surface area (Å²) in [7, 11) is 0.